The van der Waals surface area contributed by atoms with E-state index in [1.54, 1.807) is 4.90 Å². The Bertz CT molecular complexity index is 650. The molecule has 7 nitrogen and oxygen atoms in total. The molecular formula is C21H36IN5O2S. The maximum atomic E-state index is 11.9. The summed E-state index contributed by atoms with van der Waals surface area (Å²) in [6, 6.07) is 4.36. The molecule has 1 N–H and O–H groups in total. The fourth-order valence-corrected chi connectivity index (χ4v) is 4.77. The Morgan fingerprint density at radius 2 is 2.00 bits per heavy atom. The molecule has 2 fully saturated rings. The summed E-state index contributed by atoms with van der Waals surface area (Å²) in [5, 5.41) is 5.60. The molecule has 0 aromatic carbocycles. The number of ether oxygens (including phenoxy) is 1. The Kier molecular flexibility index (Phi) is 11.2. The lowest BCUT2D eigenvalue weighted by Crippen LogP contribution is -2.54. The Labute approximate surface area is 201 Å². The number of hydrogen-bond donors (Lipinski definition) is 1. The van der Waals surface area contributed by atoms with Gasteiger partial charge in [0, 0.05) is 57.2 Å². The number of likely N-dealkylation sites (tertiary alicyclic amines) is 1. The molecule has 170 valence electrons. The van der Waals surface area contributed by atoms with Gasteiger partial charge >= 0.3 is 6.09 Å². The van der Waals surface area contributed by atoms with Crippen molar-refractivity contribution in [2.75, 3.05) is 59.0 Å². The Hall–Kier alpha value is -1.07. The number of piperidine rings is 1. The first kappa shape index (κ1) is 25.2. The van der Waals surface area contributed by atoms with E-state index in [9.17, 15) is 4.79 Å². The van der Waals surface area contributed by atoms with Gasteiger partial charge in [-0.15, -0.1) is 35.3 Å². The Balaban J connectivity index is 0.00000320. The van der Waals surface area contributed by atoms with E-state index in [1.165, 1.54) is 24.3 Å². The monoisotopic (exact) mass is 549 g/mol. The molecule has 1 aromatic heterocycles. The van der Waals surface area contributed by atoms with Gasteiger partial charge in [-0.25, -0.2) is 4.79 Å². The first-order chi connectivity index (χ1) is 14.2. The second kappa shape index (κ2) is 13.4. The molecule has 1 unspecified atom stereocenters. The van der Waals surface area contributed by atoms with Crippen LogP contribution < -0.4 is 5.32 Å². The van der Waals surface area contributed by atoms with Crippen LogP contribution in [-0.4, -0.2) is 85.7 Å². The maximum Gasteiger partial charge on any atom is 0.409 e. The Morgan fingerprint density at radius 3 is 2.67 bits per heavy atom. The predicted octanol–water partition coefficient (Wildman–Crippen LogP) is 3.32. The predicted molar refractivity (Wildman–Crippen MR) is 134 cm³/mol. The highest BCUT2D eigenvalue weighted by atomic mass is 127. The first-order valence-electron chi connectivity index (χ1n) is 10.9. The van der Waals surface area contributed by atoms with E-state index in [0.29, 0.717) is 25.6 Å². The van der Waals surface area contributed by atoms with Gasteiger partial charge in [0.1, 0.15) is 0 Å². The van der Waals surface area contributed by atoms with Crippen molar-refractivity contribution in [1.29, 1.82) is 0 Å². The number of piperazine rings is 1. The summed E-state index contributed by atoms with van der Waals surface area (Å²) in [6.45, 7) is 12.4. The van der Waals surface area contributed by atoms with Gasteiger partial charge < -0.3 is 19.9 Å². The van der Waals surface area contributed by atoms with Gasteiger partial charge in [-0.3, -0.25) is 9.89 Å². The number of guanidine groups is 1. The lowest BCUT2D eigenvalue weighted by atomic mass is 9.98. The van der Waals surface area contributed by atoms with Crippen LogP contribution in [-0.2, 0) is 11.3 Å². The molecule has 0 saturated carbocycles. The third kappa shape index (κ3) is 7.56. The van der Waals surface area contributed by atoms with Crippen LogP contribution >= 0.6 is 35.3 Å². The number of carbonyl (C=O) groups excluding carboxylic acids is 1. The third-order valence-corrected chi connectivity index (χ3v) is 6.36. The second-order valence-electron chi connectivity index (χ2n) is 7.69. The van der Waals surface area contributed by atoms with Crippen molar-refractivity contribution < 1.29 is 9.53 Å². The van der Waals surface area contributed by atoms with Gasteiger partial charge in [0.05, 0.1) is 6.61 Å². The minimum Gasteiger partial charge on any atom is -0.450 e. The van der Waals surface area contributed by atoms with Gasteiger partial charge in [0.25, 0.3) is 0 Å². The smallest absolute Gasteiger partial charge is 0.409 e. The summed E-state index contributed by atoms with van der Waals surface area (Å²) in [6.07, 6.45) is 2.29. The SMILES string of the molecule is CCNC(=NCC1CCCN(Cc2cccs2)C1)N1CCN(C(=O)OCC)CC1.I. The molecule has 2 saturated heterocycles. The first-order valence-corrected chi connectivity index (χ1v) is 11.8. The van der Waals surface area contributed by atoms with Gasteiger partial charge in [-0.2, -0.15) is 0 Å². The number of carbonyl (C=O) groups is 1. The second-order valence-corrected chi connectivity index (χ2v) is 8.72. The Morgan fingerprint density at radius 1 is 1.23 bits per heavy atom. The van der Waals surface area contributed by atoms with Gasteiger partial charge in [0.2, 0.25) is 0 Å². The van der Waals surface area contributed by atoms with Crippen molar-refractivity contribution in [3.63, 3.8) is 0 Å². The van der Waals surface area contributed by atoms with Crippen molar-refractivity contribution in [3.8, 4) is 0 Å². The van der Waals surface area contributed by atoms with Crippen LogP contribution in [0.3, 0.4) is 0 Å². The zero-order chi connectivity index (χ0) is 20.5. The van der Waals surface area contributed by atoms with Crippen LogP contribution in [0.4, 0.5) is 4.79 Å². The van der Waals surface area contributed by atoms with Gasteiger partial charge in [0.15, 0.2) is 5.96 Å². The number of thiophene rings is 1. The number of halogens is 1. The van der Waals surface area contributed by atoms with Crippen LogP contribution in [0.25, 0.3) is 0 Å². The molecule has 0 radical (unpaired) electrons. The van der Waals surface area contributed by atoms with Crippen molar-refractivity contribution in [2.24, 2.45) is 10.9 Å². The summed E-state index contributed by atoms with van der Waals surface area (Å²) in [5.74, 6) is 1.59. The van der Waals surface area contributed by atoms with Crippen molar-refractivity contribution in [2.45, 2.75) is 33.2 Å². The van der Waals surface area contributed by atoms with E-state index in [-0.39, 0.29) is 30.1 Å². The van der Waals surface area contributed by atoms with Crippen molar-refractivity contribution >= 4 is 47.4 Å². The molecule has 0 spiro atoms. The molecule has 1 atom stereocenters. The molecule has 2 aliphatic rings. The molecule has 3 heterocycles. The summed E-state index contributed by atoms with van der Waals surface area (Å²) in [7, 11) is 0. The lowest BCUT2D eigenvalue weighted by molar-refractivity contribution is 0.0914. The van der Waals surface area contributed by atoms with Crippen LogP contribution in [0.5, 0.6) is 0 Å². The summed E-state index contributed by atoms with van der Waals surface area (Å²) >= 11 is 1.84. The van der Waals surface area contributed by atoms with E-state index >= 15 is 0 Å². The zero-order valence-electron chi connectivity index (χ0n) is 18.2. The molecule has 0 bridgehead atoms. The minimum atomic E-state index is -0.206. The highest BCUT2D eigenvalue weighted by molar-refractivity contribution is 14.0. The summed E-state index contributed by atoms with van der Waals surface area (Å²) < 4.78 is 5.12. The van der Waals surface area contributed by atoms with E-state index in [2.05, 4.69) is 39.6 Å². The average Bonchev–Trinajstić information content (AvgIpc) is 3.25. The highest BCUT2D eigenvalue weighted by Crippen LogP contribution is 2.20. The normalized spacial score (nSPS) is 20.6. The number of rotatable bonds is 6. The molecular weight excluding hydrogens is 513 g/mol. The van der Waals surface area contributed by atoms with Crippen LogP contribution in [0.15, 0.2) is 22.5 Å². The fourth-order valence-electron chi connectivity index (χ4n) is 4.02. The average molecular weight is 550 g/mol. The number of nitrogens with one attached hydrogen (secondary N) is 1. The molecule has 30 heavy (non-hydrogen) atoms. The molecule has 3 rings (SSSR count). The quantitative estimate of drug-likeness (QED) is 0.335. The molecule has 2 aliphatic heterocycles. The fraction of sp³-hybridized carbons (Fsp3) is 0.714. The zero-order valence-corrected chi connectivity index (χ0v) is 21.4. The van der Waals surface area contributed by atoms with Gasteiger partial charge in [-0.1, -0.05) is 6.07 Å². The third-order valence-electron chi connectivity index (χ3n) is 5.50. The molecule has 9 heteroatoms. The van der Waals surface area contributed by atoms with Crippen LogP contribution in [0.1, 0.15) is 31.6 Å². The van der Waals surface area contributed by atoms with Crippen LogP contribution in [0.2, 0.25) is 0 Å². The number of hydrogen-bond acceptors (Lipinski definition) is 5. The number of amides is 1. The molecule has 0 aliphatic carbocycles. The maximum absolute atomic E-state index is 11.9. The molecule has 1 amide bonds. The number of aliphatic imine (C=N–C) groups is 1. The largest absolute Gasteiger partial charge is 0.450 e. The lowest BCUT2D eigenvalue weighted by Gasteiger charge is -2.36. The summed E-state index contributed by atoms with van der Waals surface area (Å²) in [4.78, 5) is 25.0. The van der Waals surface area contributed by atoms with E-state index < -0.39 is 0 Å². The van der Waals surface area contributed by atoms with Crippen molar-refractivity contribution in [3.05, 3.63) is 22.4 Å². The minimum absolute atomic E-state index is 0. The molecule has 1 aromatic rings. The van der Waals surface area contributed by atoms with Crippen molar-refractivity contribution in [1.82, 2.24) is 20.0 Å². The standard InChI is InChI=1S/C21H35N5O2S.HI/c1-3-22-20(25-10-12-26(13-11-25)21(27)28-4-2)23-15-18-7-5-9-24(16-18)17-19-8-6-14-29-19;/h6,8,14,18H,3-5,7,9-13,15-17H2,1-2H3,(H,22,23);1H. The van der Waals surface area contributed by atoms with Crippen LogP contribution in [0, 0.1) is 5.92 Å². The summed E-state index contributed by atoms with van der Waals surface area (Å²) in [5.41, 5.74) is 0. The number of nitrogens with zero attached hydrogens (tertiary/aromatic N) is 4. The highest BCUT2D eigenvalue weighted by Gasteiger charge is 2.25. The van der Waals surface area contributed by atoms with E-state index in [0.717, 1.165) is 45.2 Å². The van der Waals surface area contributed by atoms with E-state index in [4.69, 9.17) is 9.73 Å². The topological polar surface area (TPSA) is 60.4 Å². The van der Waals surface area contributed by atoms with E-state index in [1.807, 2.05) is 18.3 Å². The van der Waals surface area contributed by atoms with Gasteiger partial charge in [-0.05, 0) is 50.6 Å².